The van der Waals surface area contributed by atoms with Crippen molar-refractivity contribution in [3.63, 3.8) is 0 Å². The van der Waals surface area contributed by atoms with Crippen LogP contribution in [-0.2, 0) is 14.3 Å². The quantitative estimate of drug-likeness (QED) is 0.336. The molecule has 0 radical (unpaired) electrons. The summed E-state index contributed by atoms with van der Waals surface area (Å²) in [6, 6.07) is 3.95. The van der Waals surface area contributed by atoms with Crippen LogP contribution < -0.4 is 10.6 Å². The molecule has 3 atom stereocenters. The molecule has 0 fully saturated rings. The zero-order valence-electron chi connectivity index (χ0n) is 23.8. The van der Waals surface area contributed by atoms with Crippen molar-refractivity contribution in [3.8, 4) is 0 Å². The molecule has 1 aromatic rings. The van der Waals surface area contributed by atoms with Crippen molar-refractivity contribution in [2.24, 2.45) is 0 Å². The molecule has 0 saturated carbocycles. The van der Waals surface area contributed by atoms with Crippen LogP contribution in [0.4, 0.5) is 4.79 Å². The standard InChI is InChI=1S/C28H47N3O4S/c1-11-13-20(5)29-24(32)23(21-15-14-18(3)19(4)16-21)31(28(9,10)12-2)25(33)22(17-36)30-26(34)35-27(6,7)8/h14-16,20,22-23,36H,11-13,17H2,1-10H3,(H,29,32)(H,30,34). The van der Waals surface area contributed by atoms with E-state index in [1.807, 2.05) is 59.7 Å². The minimum atomic E-state index is -0.969. The Labute approximate surface area is 223 Å². The van der Waals surface area contributed by atoms with Crippen LogP contribution in [0.5, 0.6) is 0 Å². The fraction of sp³-hybridized carbons (Fsp3) is 0.679. The first kappa shape index (κ1) is 31.8. The van der Waals surface area contributed by atoms with Crippen LogP contribution in [0.1, 0.15) is 97.4 Å². The van der Waals surface area contributed by atoms with Gasteiger partial charge in [-0.2, -0.15) is 12.6 Å². The van der Waals surface area contributed by atoms with Gasteiger partial charge in [0.15, 0.2) is 0 Å². The lowest BCUT2D eigenvalue weighted by atomic mass is 9.91. The molecule has 8 heteroatoms. The average molecular weight is 522 g/mol. The van der Waals surface area contributed by atoms with Crippen LogP contribution >= 0.6 is 12.6 Å². The molecule has 0 bridgehead atoms. The van der Waals surface area contributed by atoms with Gasteiger partial charge in [-0.05, 0) is 84.9 Å². The number of hydrogen-bond acceptors (Lipinski definition) is 5. The summed E-state index contributed by atoms with van der Waals surface area (Å²) in [6.07, 6.45) is 1.66. The van der Waals surface area contributed by atoms with E-state index < -0.39 is 29.3 Å². The maximum absolute atomic E-state index is 14.1. The third-order valence-electron chi connectivity index (χ3n) is 6.39. The minimum Gasteiger partial charge on any atom is -0.444 e. The minimum absolute atomic E-state index is 0.0428. The molecule has 3 amide bonds. The third-order valence-corrected chi connectivity index (χ3v) is 6.76. The molecule has 0 heterocycles. The van der Waals surface area contributed by atoms with Gasteiger partial charge in [-0.1, -0.05) is 38.5 Å². The van der Waals surface area contributed by atoms with Gasteiger partial charge >= 0.3 is 6.09 Å². The first-order valence-electron chi connectivity index (χ1n) is 12.9. The Morgan fingerprint density at radius 3 is 2.11 bits per heavy atom. The fourth-order valence-electron chi connectivity index (χ4n) is 3.93. The second-order valence-electron chi connectivity index (χ2n) is 11.2. The molecule has 1 aromatic carbocycles. The Morgan fingerprint density at radius 1 is 1.03 bits per heavy atom. The summed E-state index contributed by atoms with van der Waals surface area (Å²) in [5.74, 6) is -0.574. The average Bonchev–Trinajstić information content (AvgIpc) is 2.75. The normalized spacial score (nSPS) is 14.4. The molecule has 36 heavy (non-hydrogen) atoms. The molecular formula is C28H47N3O4S. The Balaban J connectivity index is 3.60. The van der Waals surface area contributed by atoms with E-state index in [1.165, 1.54) is 0 Å². The van der Waals surface area contributed by atoms with E-state index in [9.17, 15) is 14.4 Å². The van der Waals surface area contributed by atoms with Crippen LogP contribution in [0.25, 0.3) is 0 Å². The summed E-state index contributed by atoms with van der Waals surface area (Å²) in [5.41, 5.74) is 1.46. The summed E-state index contributed by atoms with van der Waals surface area (Å²) in [5, 5.41) is 5.78. The second-order valence-corrected chi connectivity index (χ2v) is 11.6. The number of carbonyl (C=O) groups is 3. The lowest BCUT2D eigenvalue weighted by Gasteiger charge is -2.44. The predicted octanol–water partition coefficient (Wildman–Crippen LogP) is 5.49. The number of alkyl carbamates (subject to hydrolysis) is 1. The van der Waals surface area contributed by atoms with Crippen LogP contribution in [0, 0.1) is 13.8 Å². The lowest BCUT2D eigenvalue weighted by Crippen LogP contribution is -2.60. The van der Waals surface area contributed by atoms with Gasteiger partial charge in [0.2, 0.25) is 11.8 Å². The van der Waals surface area contributed by atoms with E-state index in [-0.39, 0.29) is 23.6 Å². The number of hydrogen-bond donors (Lipinski definition) is 3. The number of thiol groups is 1. The predicted molar refractivity (Wildman–Crippen MR) is 149 cm³/mol. The molecular weight excluding hydrogens is 474 g/mol. The number of benzene rings is 1. The van der Waals surface area contributed by atoms with E-state index in [0.717, 1.165) is 29.5 Å². The largest absolute Gasteiger partial charge is 0.444 e. The fourth-order valence-corrected chi connectivity index (χ4v) is 4.18. The third kappa shape index (κ3) is 9.02. The summed E-state index contributed by atoms with van der Waals surface area (Å²) in [6.45, 7) is 19.2. The molecule has 3 unspecified atom stereocenters. The maximum Gasteiger partial charge on any atom is 0.408 e. The van der Waals surface area contributed by atoms with Crippen molar-refractivity contribution in [2.45, 2.75) is 118 Å². The van der Waals surface area contributed by atoms with Crippen molar-refractivity contribution in [3.05, 3.63) is 34.9 Å². The van der Waals surface area contributed by atoms with Crippen molar-refractivity contribution in [1.82, 2.24) is 15.5 Å². The SMILES string of the molecule is CCCC(C)NC(=O)C(c1ccc(C)c(C)c1)N(C(=O)C(CS)NC(=O)OC(C)(C)C)C(C)(C)CC. The highest BCUT2D eigenvalue weighted by molar-refractivity contribution is 7.80. The molecule has 7 nitrogen and oxygen atoms in total. The van der Waals surface area contributed by atoms with E-state index in [1.54, 1.807) is 25.7 Å². The van der Waals surface area contributed by atoms with Crippen molar-refractivity contribution < 1.29 is 19.1 Å². The Bertz CT molecular complexity index is 911. The molecule has 204 valence electrons. The van der Waals surface area contributed by atoms with Crippen LogP contribution in [-0.4, -0.2) is 51.8 Å². The molecule has 0 aliphatic heterocycles. The Kier molecular flexibility index (Phi) is 11.8. The summed E-state index contributed by atoms with van der Waals surface area (Å²) >= 11 is 4.36. The van der Waals surface area contributed by atoms with Gasteiger partial charge in [-0.3, -0.25) is 9.59 Å². The zero-order valence-corrected chi connectivity index (χ0v) is 24.7. The topological polar surface area (TPSA) is 87.7 Å². The Morgan fingerprint density at radius 2 is 1.64 bits per heavy atom. The highest BCUT2D eigenvalue weighted by Crippen LogP contribution is 2.33. The molecule has 0 aliphatic carbocycles. The van der Waals surface area contributed by atoms with E-state index in [2.05, 4.69) is 30.2 Å². The van der Waals surface area contributed by atoms with Crippen molar-refractivity contribution >= 4 is 30.5 Å². The van der Waals surface area contributed by atoms with E-state index in [4.69, 9.17) is 4.74 Å². The van der Waals surface area contributed by atoms with E-state index >= 15 is 0 Å². The number of rotatable bonds is 11. The van der Waals surface area contributed by atoms with Gasteiger partial charge in [-0.25, -0.2) is 4.79 Å². The number of aryl methyl sites for hydroxylation is 2. The maximum atomic E-state index is 14.1. The molecule has 0 aromatic heterocycles. The highest BCUT2D eigenvalue weighted by atomic mass is 32.1. The molecule has 0 saturated heterocycles. The van der Waals surface area contributed by atoms with E-state index in [0.29, 0.717) is 6.42 Å². The molecule has 2 N–H and O–H groups in total. The number of carbonyl (C=O) groups excluding carboxylic acids is 3. The smallest absolute Gasteiger partial charge is 0.408 e. The molecule has 0 spiro atoms. The zero-order chi connectivity index (χ0) is 27.8. The summed E-state index contributed by atoms with van der Waals surface area (Å²) < 4.78 is 5.38. The van der Waals surface area contributed by atoms with Crippen LogP contribution in [0.2, 0.25) is 0 Å². The van der Waals surface area contributed by atoms with Gasteiger partial charge in [0.25, 0.3) is 0 Å². The summed E-state index contributed by atoms with van der Waals surface area (Å²) in [7, 11) is 0. The van der Waals surface area contributed by atoms with Gasteiger partial charge in [0.05, 0.1) is 0 Å². The lowest BCUT2D eigenvalue weighted by molar-refractivity contribution is -0.149. The monoisotopic (exact) mass is 521 g/mol. The number of nitrogens with zero attached hydrogens (tertiary/aromatic N) is 1. The Hall–Kier alpha value is -2.22. The first-order valence-corrected chi connectivity index (χ1v) is 13.5. The summed E-state index contributed by atoms with van der Waals surface area (Å²) in [4.78, 5) is 42.1. The number of ether oxygens (including phenoxy) is 1. The molecule has 0 aliphatic rings. The highest BCUT2D eigenvalue weighted by Gasteiger charge is 2.43. The van der Waals surface area contributed by atoms with Gasteiger partial charge < -0.3 is 20.3 Å². The van der Waals surface area contributed by atoms with Gasteiger partial charge in [0, 0.05) is 17.3 Å². The van der Waals surface area contributed by atoms with Crippen LogP contribution in [0.15, 0.2) is 18.2 Å². The molecule has 1 rings (SSSR count). The number of nitrogens with one attached hydrogen (secondary N) is 2. The van der Waals surface area contributed by atoms with Gasteiger partial charge in [0.1, 0.15) is 17.7 Å². The van der Waals surface area contributed by atoms with Crippen molar-refractivity contribution in [1.29, 1.82) is 0 Å². The number of amides is 3. The first-order chi connectivity index (χ1) is 16.6. The van der Waals surface area contributed by atoms with Crippen LogP contribution in [0.3, 0.4) is 0 Å². The second kappa shape index (κ2) is 13.4. The van der Waals surface area contributed by atoms with Crippen molar-refractivity contribution in [2.75, 3.05) is 5.75 Å². The van der Waals surface area contributed by atoms with Gasteiger partial charge in [-0.15, -0.1) is 0 Å².